The van der Waals surface area contributed by atoms with Crippen LogP contribution in [0.4, 0.5) is 10.2 Å². The lowest BCUT2D eigenvalue weighted by atomic mass is 9.72. The highest BCUT2D eigenvalue weighted by Gasteiger charge is 2.52. The number of anilines is 1. The molecule has 2 saturated heterocycles. The maximum absolute atomic E-state index is 14.4. The van der Waals surface area contributed by atoms with Crippen molar-refractivity contribution in [2.24, 2.45) is 11.3 Å². The number of benzene rings is 1. The van der Waals surface area contributed by atoms with Crippen LogP contribution >= 0.6 is 0 Å². The van der Waals surface area contributed by atoms with Crippen molar-refractivity contribution < 1.29 is 14.2 Å². The molecule has 1 aromatic carbocycles. The Hall–Kier alpha value is -3.17. The molecule has 8 nitrogen and oxygen atoms in total. The number of aromatic nitrogens is 4. The zero-order valence-electron chi connectivity index (χ0n) is 22.1. The molecule has 0 atom stereocenters. The number of likely N-dealkylation sites (tertiary alicyclic amines) is 1. The van der Waals surface area contributed by atoms with Gasteiger partial charge in [0.1, 0.15) is 24.2 Å². The van der Waals surface area contributed by atoms with Gasteiger partial charge in [0.25, 0.3) is 0 Å². The SMILES string of the molecule is CC(C)c1ncncc1-c1cc(F)ccc1Oc1cncnc1N1CC2(CN(CC3CCC(O)CC3)C2)C1. The molecule has 3 fully saturated rings. The highest BCUT2D eigenvalue weighted by Crippen LogP contribution is 2.45. The fraction of sp³-hybridized carbons (Fsp3) is 0.517. The van der Waals surface area contributed by atoms with Crippen LogP contribution in [0.15, 0.2) is 43.2 Å². The second kappa shape index (κ2) is 10.2. The molecule has 3 aliphatic rings. The Morgan fingerprint density at radius 1 is 0.974 bits per heavy atom. The first-order chi connectivity index (χ1) is 18.4. The van der Waals surface area contributed by atoms with Crippen LogP contribution in [-0.2, 0) is 0 Å². The van der Waals surface area contributed by atoms with Gasteiger partial charge in [0.05, 0.1) is 18.0 Å². The normalized spacial score (nSPS) is 22.8. The average Bonchev–Trinajstić information content (AvgIpc) is 2.87. The van der Waals surface area contributed by atoms with Gasteiger partial charge in [0, 0.05) is 55.5 Å². The zero-order chi connectivity index (χ0) is 26.3. The lowest BCUT2D eigenvalue weighted by Gasteiger charge is -2.61. The summed E-state index contributed by atoms with van der Waals surface area (Å²) in [6, 6.07) is 4.51. The number of hydrogen-bond donors (Lipinski definition) is 1. The Morgan fingerprint density at radius 3 is 2.47 bits per heavy atom. The first kappa shape index (κ1) is 25.1. The number of halogens is 1. The van der Waals surface area contributed by atoms with E-state index >= 15 is 0 Å². The van der Waals surface area contributed by atoms with E-state index in [1.807, 2.05) is 0 Å². The largest absolute Gasteiger partial charge is 0.451 e. The van der Waals surface area contributed by atoms with Gasteiger partial charge in [-0.15, -0.1) is 0 Å². The third kappa shape index (κ3) is 4.97. The third-order valence-corrected chi connectivity index (χ3v) is 8.20. The number of hydrogen-bond acceptors (Lipinski definition) is 8. The molecule has 200 valence electrons. The first-order valence-corrected chi connectivity index (χ1v) is 13.6. The van der Waals surface area contributed by atoms with Crippen LogP contribution in [0.25, 0.3) is 11.1 Å². The van der Waals surface area contributed by atoms with Crippen molar-refractivity contribution >= 4 is 5.82 Å². The van der Waals surface area contributed by atoms with E-state index in [0.717, 1.165) is 75.5 Å². The van der Waals surface area contributed by atoms with Crippen LogP contribution in [-0.4, -0.2) is 68.8 Å². The van der Waals surface area contributed by atoms with Crippen molar-refractivity contribution in [1.29, 1.82) is 0 Å². The summed E-state index contributed by atoms with van der Waals surface area (Å²) in [7, 11) is 0. The van der Waals surface area contributed by atoms with E-state index in [1.165, 1.54) is 18.5 Å². The van der Waals surface area contributed by atoms with Crippen molar-refractivity contribution in [2.75, 3.05) is 37.6 Å². The van der Waals surface area contributed by atoms with E-state index in [2.05, 4.69) is 43.6 Å². The van der Waals surface area contributed by atoms with E-state index in [9.17, 15) is 9.50 Å². The van der Waals surface area contributed by atoms with Crippen molar-refractivity contribution in [3.63, 3.8) is 0 Å². The molecule has 1 spiro atoms. The maximum Gasteiger partial charge on any atom is 0.188 e. The van der Waals surface area contributed by atoms with Crippen molar-refractivity contribution in [2.45, 2.75) is 51.6 Å². The Morgan fingerprint density at radius 2 is 1.71 bits per heavy atom. The predicted octanol–water partition coefficient (Wildman–Crippen LogP) is 4.66. The Labute approximate surface area is 222 Å². The first-order valence-electron chi connectivity index (χ1n) is 13.6. The molecule has 0 amide bonds. The molecule has 38 heavy (non-hydrogen) atoms. The lowest BCUT2D eigenvalue weighted by molar-refractivity contribution is -0.0373. The molecule has 3 aromatic rings. The van der Waals surface area contributed by atoms with Crippen LogP contribution < -0.4 is 9.64 Å². The standard InChI is InChI=1S/C29H35FN6O2/c1-19(2)27-24(10-31-17-33-27)23-9-21(30)5-8-25(23)38-26-11-32-18-34-28(26)36-15-29(16-36)13-35(14-29)12-20-3-6-22(37)7-4-20/h5,8-11,17-20,22,37H,3-4,6-7,12-16H2,1-2H3. The minimum absolute atomic E-state index is 0.0947. The minimum atomic E-state index is -0.348. The summed E-state index contributed by atoms with van der Waals surface area (Å²) in [6.45, 7) is 9.33. The monoisotopic (exact) mass is 518 g/mol. The summed E-state index contributed by atoms with van der Waals surface area (Å²) < 4.78 is 20.7. The fourth-order valence-electron chi connectivity index (χ4n) is 6.38. The fourth-order valence-corrected chi connectivity index (χ4v) is 6.38. The van der Waals surface area contributed by atoms with E-state index < -0.39 is 0 Å². The lowest BCUT2D eigenvalue weighted by Crippen LogP contribution is -2.72. The Bertz CT molecular complexity index is 1280. The van der Waals surface area contributed by atoms with E-state index in [0.29, 0.717) is 28.4 Å². The number of aliphatic hydroxyl groups is 1. The summed E-state index contributed by atoms with van der Waals surface area (Å²) in [6.07, 6.45) is 10.5. The maximum atomic E-state index is 14.4. The van der Waals surface area contributed by atoms with Crippen LogP contribution in [0.3, 0.4) is 0 Å². The van der Waals surface area contributed by atoms with Gasteiger partial charge < -0.3 is 19.6 Å². The molecule has 6 rings (SSSR count). The second-order valence-corrected chi connectivity index (χ2v) is 11.6. The highest BCUT2D eigenvalue weighted by molar-refractivity contribution is 5.73. The molecule has 9 heteroatoms. The molecule has 0 bridgehead atoms. The summed E-state index contributed by atoms with van der Waals surface area (Å²) in [5.41, 5.74) is 2.50. The van der Waals surface area contributed by atoms with Crippen LogP contribution in [0.5, 0.6) is 11.5 Å². The number of aliphatic hydroxyl groups excluding tert-OH is 1. The summed E-state index contributed by atoms with van der Waals surface area (Å²) in [5.74, 6) is 2.33. The van der Waals surface area contributed by atoms with Crippen LogP contribution in [0.1, 0.15) is 51.1 Å². The summed E-state index contributed by atoms with van der Waals surface area (Å²) in [5, 5.41) is 9.77. The minimum Gasteiger partial charge on any atom is -0.451 e. The number of rotatable bonds is 7. The molecule has 2 aliphatic heterocycles. The molecule has 2 aromatic heterocycles. The van der Waals surface area contributed by atoms with E-state index in [1.54, 1.807) is 24.8 Å². The topological polar surface area (TPSA) is 87.5 Å². The molecular weight excluding hydrogens is 483 g/mol. The molecular formula is C29H35FN6O2. The van der Waals surface area contributed by atoms with Gasteiger partial charge in [-0.25, -0.2) is 24.3 Å². The number of ether oxygens (including phenoxy) is 1. The molecule has 4 heterocycles. The molecule has 0 unspecified atom stereocenters. The summed E-state index contributed by atoms with van der Waals surface area (Å²) in [4.78, 5) is 22.2. The smallest absolute Gasteiger partial charge is 0.188 e. The zero-order valence-corrected chi connectivity index (χ0v) is 22.1. The van der Waals surface area contributed by atoms with Crippen molar-refractivity contribution in [3.05, 3.63) is 54.8 Å². The Kier molecular flexibility index (Phi) is 6.74. The molecule has 1 N–H and O–H groups in total. The van der Waals surface area contributed by atoms with Crippen LogP contribution in [0, 0.1) is 17.2 Å². The Balaban J connectivity index is 1.15. The van der Waals surface area contributed by atoms with Gasteiger partial charge in [-0.05, 0) is 55.7 Å². The van der Waals surface area contributed by atoms with Crippen LogP contribution in [0.2, 0.25) is 0 Å². The van der Waals surface area contributed by atoms with E-state index in [-0.39, 0.29) is 17.8 Å². The summed E-state index contributed by atoms with van der Waals surface area (Å²) >= 11 is 0. The van der Waals surface area contributed by atoms with E-state index in [4.69, 9.17) is 4.74 Å². The van der Waals surface area contributed by atoms with Gasteiger partial charge in [-0.1, -0.05) is 13.8 Å². The third-order valence-electron chi connectivity index (χ3n) is 8.20. The van der Waals surface area contributed by atoms with Gasteiger partial charge in [0.2, 0.25) is 0 Å². The second-order valence-electron chi connectivity index (χ2n) is 11.6. The van der Waals surface area contributed by atoms with Crippen molar-refractivity contribution in [1.82, 2.24) is 24.8 Å². The molecule has 0 radical (unpaired) electrons. The predicted molar refractivity (Wildman–Crippen MR) is 143 cm³/mol. The average molecular weight is 519 g/mol. The quantitative estimate of drug-likeness (QED) is 0.483. The van der Waals surface area contributed by atoms with Crippen molar-refractivity contribution in [3.8, 4) is 22.6 Å². The number of nitrogens with zero attached hydrogens (tertiary/aromatic N) is 6. The molecule has 1 aliphatic carbocycles. The van der Waals surface area contributed by atoms with Gasteiger partial charge in [0.15, 0.2) is 11.6 Å². The molecule has 1 saturated carbocycles. The van der Waals surface area contributed by atoms with Gasteiger partial charge in [-0.2, -0.15) is 0 Å². The highest BCUT2D eigenvalue weighted by atomic mass is 19.1. The van der Waals surface area contributed by atoms with Gasteiger partial charge >= 0.3 is 0 Å². The van der Waals surface area contributed by atoms with Gasteiger partial charge in [-0.3, -0.25) is 0 Å².